The van der Waals surface area contributed by atoms with Crippen LogP contribution in [0.5, 0.6) is 5.88 Å². The van der Waals surface area contributed by atoms with Crippen molar-refractivity contribution in [2.45, 2.75) is 32.4 Å². The monoisotopic (exact) mass is 442 g/mol. The zero-order valence-electron chi connectivity index (χ0n) is 18.1. The molecule has 1 aliphatic heterocycles. The molecule has 1 N–H and O–H groups in total. The summed E-state index contributed by atoms with van der Waals surface area (Å²) < 4.78 is 6.69. The highest BCUT2D eigenvalue weighted by atomic mass is 16.5. The van der Waals surface area contributed by atoms with Crippen molar-refractivity contribution in [3.8, 4) is 11.9 Å². The number of rotatable bonds is 6. The molecule has 1 saturated heterocycles. The van der Waals surface area contributed by atoms with E-state index in [9.17, 15) is 20.0 Å². The van der Waals surface area contributed by atoms with Crippen molar-refractivity contribution in [2.24, 2.45) is 10.2 Å². The van der Waals surface area contributed by atoms with E-state index in [2.05, 4.69) is 10.2 Å². The van der Waals surface area contributed by atoms with Crippen LogP contribution in [0.4, 0.5) is 11.4 Å². The molecular weight excluding hydrogens is 420 g/mol. The molecule has 0 saturated carbocycles. The Balaban J connectivity index is 1.76. The van der Waals surface area contributed by atoms with Gasteiger partial charge in [0.1, 0.15) is 11.6 Å². The fraction of sp³-hybridized carbons (Fsp3) is 0.240. The van der Waals surface area contributed by atoms with Crippen molar-refractivity contribution in [1.82, 2.24) is 4.57 Å². The first-order chi connectivity index (χ1) is 16.0. The summed E-state index contributed by atoms with van der Waals surface area (Å²) in [6, 6.07) is 17.5. The maximum absolute atomic E-state index is 13.1. The van der Waals surface area contributed by atoms with Crippen LogP contribution < -0.4 is 5.56 Å². The molecule has 1 aromatic heterocycles. The number of benzene rings is 2. The molecule has 3 aromatic rings. The van der Waals surface area contributed by atoms with Crippen LogP contribution in [0.15, 0.2) is 69.6 Å². The molecule has 1 atom stereocenters. The van der Waals surface area contributed by atoms with E-state index in [1.54, 1.807) is 48.5 Å². The number of ether oxygens (including phenoxy) is 1. The van der Waals surface area contributed by atoms with Gasteiger partial charge in [0.25, 0.3) is 5.56 Å². The van der Waals surface area contributed by atoms with Crippen molar-refractivity contribution in [3.63, 3.8) is 0 Å². The van der Waals surface area contributed by atoms with Crippen LogP contribution in [0.2, 0.25) is 0 Å². The Labute approximate surface area is 190 Å². The number of carbonyl (C=O) groups excluding carboxylic acids is 1. The molecule has 2 heterocycles. The van der Waals surface area contributed by atoms with Gasteiger partial charge >= 0.3 is 0 Å². The van der Waals surface area contributed by atoms with Gasteiger partial charge in [-0.3, -0.25) is 14.2 Å². The number of aromatic hydroxyl groups is 1. The third-order valence-corrected chi connectivity index (χ3v) is 5.62. The summed E-state index contributed by atoms with van der Waals surface area (Å²) >= 11 is 0. The van der Waals surface area contributed by atoms with E-state index < -0.39 is 11.4 Å². The lowest BCUT2D eigenvalue weighted by Crippen LogP contribution is -2.27. The Kier molecular flexibility index (Phi) is 6.43. The van der Waals surface area contributed by atoms with Crippen LogP contribution in [0, 0.1) is 18.3 Å². The Bertz CT molecular complexity index is 1320. The normalized spacial score (nSPS) is 15.6. The van der Waals surface area contributed by atoms with Crippen molar-refractivity contribution in [3.05, 3.63) is 87.2 Å². The Hall–Kier alpha value is -4.09. The van der Waals surface area contributed by atoms with E-state index in [1.807, 2.05) is 12.1 Å². The summed E-state index contributed by atoms with van der Waals surface area (Å²) in [6.45, 7) is 2.24. The molecule has 0 aliphatic carbocycles. The van der Waals surface area contributed by atoms with E-state index in [0.717, 1.165) is 17.4 Å². The molecule has 8 heteroatoms. The Morgan fingerprint density at radius 1 is 1.18 bits per heavy atom. The van der Waals surface area contributed by atoms with E-state index in [1.165, 1.54) is 6.92 Å². The number of hydrogen-bond acceptors (Lipinski definition) is 7. The number of hydrogen-bond donors (Lipinski definition) is 1. The van der Waals surface area contributed by atoms with Crippen LogP contribution in [-0.2, 0) is 11.3 Å². The van der Waals surface area contributed by atoms with Crippen molar-refractivity contribution in [2.75, 3.05) is 6.61 Å². The van der Waals surface area contributed by atoms with Gasteiger partial charge in [-0.15, -0.1) is 10.2 Å². The Morgan fingerprint density at radius 2 is 1.91 bits per heavy atom. The van der Waals surface area contributed by atoms with Gasteiger partial charge in [-0.05, 0) is 31.9 Å². The summed E-state index contributed by atoms with van der Waals surface area (Å²) in [5.41, 5.74) is 0.673. The zero-order chi connectivity index (χ0) is 23.4. The molecule has 0 spiro atoms. The lowest BCUT2D eigenvalue weighted by molar-refractivity contribution is 0.0939. The second kappa shape index (κ2) is 9.59. The Morgan fingerprint density at radius 3 is 2.61 bits per heavy atom. The highest BCUT2D eigenvalue weighted by Crippen LogP contribution is 2.29. The minimum Gasteiger partial charge on any atom is -0.493 e. The lowest BCUT2D eigenvalue weighted by atomic mass is 10.0. The molecule has 2 aromatic carbocycles. The number of nitrogens with zero attached hydrogens (tertiary/aromatic N) is 4. The fourth-order valence-corrected chi connectivity index (χ4v) is 3.82. The van der Waals surface area contributed by atoms with Gasteiger partial charge in [0.15, 0.2) is 11.5 Å². The van der Waals surface area contributed by atoms with Gasteiger partial charge in [-0.1, -0.05) is 42.5 Å². The van der Waals surface area contributed by atoms with Gasteiger partial charge in [0, 0.05) is 17.7 Å². The predicted octanol–water partition coefficient (Wildman–Crippen LogP) is 4.56. The minimum absolute atomic E-state index is 0.0461. The topological polar surface area (TPSA) is 117 Å². The van der Waals surface area contributed by atoms with Gasteiger partial charge in [-0.25, -0.2) is 0 Å². The standard InChI is InChI=1S/C25H22N4O4/c1-16-20(14-26)24(31)29(15-18-10-7-13-33-18)25(32)22(16)28-27-21-12-6-5-11-19(21)23(30)17-8-3-2-4-9-17/h2-6,8-9,11-12,18,31H,7,10,13,15H2,1H3. The average Bonchev–Trinajstić information content (AvgIpc) is 3.36. The molecular formula is C25H22N4O4. The number of aromatic nitrogens is 1. The first kappa shape index (κ1) is 22.1. The SMILES string of the molecule is Cc1c(C#N)c(O)n(CC2CCCO2)c(=O)c1N=Nc1ccccc1C(=O)c1ccccc1. The lowest BCUT2D eigenvalue weighted by Gasteiger charge is -2.16. The van der Waals surface area contributed by atoms with E-state index >= 15 is 0 Å². The van der Waals surface area contributed by atoms with E-state index in [-0.39, 0.29) is 35.2 Å². The maximum Gasteiger partial charge on any atom is 0.281 e. The highest BCUT2D eigenvalue weighted by molar-refractivity contribution is 6.11. The molecule has 33 heavy (non-hydrogen) atoms. The second-order valence-corrected chi connectivity index (χ2v) is 7.75. The summed E-state index contributed by atoms with van der Waals surface area (Å²) in [5, 5.41) is 28.4. The number of azo groups is 1. The first-order valence-corrected chi connectivity index (χ1v) is 10.6. The predicted molar refractivity (Wildman–Crippen MR) is 121 cm³/mol. The fourth-order valence-electron chi connectivity index (χ4n) is 3.82. The van der Waals surface area contributed by atoms with Gasteiger partial charge in [-0.2, -0.15) is 5.26 Å². The van der Waals surface area contributed by atoms with Crippen molar-refractivity contribution < 1.29 is 14.6 Å². The third-order valence-electron chi connectivity index (χ3n) is 5.62. The van der Waals surface area contributed by atoms with E-state index in [0.29, 0.717) is 23.4 Å². The molecule has 0 amide bonds. The van der Waals surface area contributed by atoms with Gasteiger partial charge in [0.2, 0.25) is 5.88 Å². The summed E-state index contributed by atoms with van der Waals surface area (Å²) in [7, 11) is 0. The van der Waals surface area contributed by atoms with Crippen LogP contribution >= 0.6 is 0 Å². The maximum atomic E-state index is 13.1. The van der Waals surface area contributed by atoms with Crippen molar-refractivity contribution >= 4 is 17.2 Å². The molecule has 4 rings (SSSR count). The van der Waals surface area contributed by atoms with Gasteiger partial charge in [0.05, 0.1) is 23.9 Å². The van der Waals surface area contributed by atoms with Gasteiger partial charge < -0.3 is 9.84 Å². The number of pyridine rings is 1. The summed E-state index contributed by atoms with van der Waals surface area (Å²) in [6.07, 6.45) is 1.40. The zero-order valence-corrected chi connectivity index (χ0v) is 18.1. The molecule has 1 aliphatic rings. The molecule has 0 bridgehead atoms. The smallest absolute Gasteiger partial charge is 0.281 e. The third kappa shape index (κ3) is 4.45. The first-order valence-electron chi connectivity index (χ1n) is 10.6. The molecule has 1 unspecified atom stereocenters. The molecule has 1 fully saturated rings. The van der Waals surface area contributed by atoms with Crippen LogP contribution in [-0.4, -0.2) is 28.2 Å². The average molecular weight is 442 g/mol. The summed E-state index contributed by atoms with van der Waals surface area (Å²) in [5.74, 6) is -0.629. The highest BCUT2D eigenvalue weighted by Gasteiger charge is 2.24. The molecule has 8 nitrogen and oxygen atoms in total. The minimum atomic E-state index is -0.574. The van der Waals surface area contributed by atoms with E-state index in [4.69, 9.17) is 4.74 Å². The van der Waals surface area contributed by atoms with Crippen LogP contribution in [0.3, 0.4) is 0 Å². The van der Waals surface area contributed by atoms with Crippen LogP contribution in [0.25, 0.3) is 0 Å². The van der Waals surface area contributed by atoms with Crippen LogP contribution in [0.1, 0.15) is 39.9 Å². The second-order valence-electron chi connectivity index (χ2n) is 7.75. The summed E-state index contributed by atoms with van der Waals surface area (Å²) in [4.78, 5) is 26.1. The number of ketones is 1. The largest absolute Gasteiger partial charge is 0.493 e. The molecule has 0 radical (unpaired) electrons. The quantitative estimate of drug-likeness (QED) is 0.444. The molecule has 166 valence electrons. The number of nitriles is 1. The number of carbonyl (C=O) groups is 1. The van der Waals surface area contributed by atoms with Crippen molar-refractivity contribution in [1.29, 1.82) is 5.26 Å².